The van der Waals surface area contributed by atoms with E-state index in [9.17, 15) is 9.90 Å². The maximum absolute atomic E-state index is 11.6. The van der Waals surface area contributed by atoms with Crippen LogP contribution in [0.25, 0.3) is 0 Å². The summed E-state index contributed by atoms with van der Waals surface area (Å²) in [6.07, 6.45) is 3.89. The Kier molecular flexibility index (Phi) is 2.62. The topological polar surface area (TPSA) is 74.2 Å². The number of carbonyl (C=O) groups excluding carboxylic acids is 1. The molecule has 10 unspecified atom stereocenters. The first-order valence-electron chi connectivity index (χ1n) is 9.37. The third kappa shape index (κ3) is 1.64. The van der Waals surface area contributed by atoms with Gasteiger partial charge in [-0.3, -0.25) is 0 Å². The first-order chi connectivity index (χ1) is 11.5. The van der Waals surface area contributed by atoms with Crippen LogP contribution in [-0.2, 0) is 23.7 Å². The predicted molar refractivity (Wildman–Crippen MR) is 79.5 cm³/mol. The number of hydrogen-bond donors (Lipinski definition) is 1. The second-order valence-corrected chi connectivity index (χ2v) is 9.23. The Morgan fingerprint density at radius 3 is 2.75 bits per heavy atom. The van der Waals surface area contributed by atoms with Crippen LogP contribution < -0.4 is 0 Å². The van der Waals surface area contributed by atoms with E-state index in [4.69, 9.17) is 18.9 Å². The quantitative estimate of drug-likeness (QED) is 0.673. The minimum absolute atomic E-state index is 0.392. The second kappa shape index (κ2) is 4.34. The number of aliphatic hydroxyl groups is 1. The highest BCUT2D eigenvalue weighted by atomic mass is 16.9. The number of ether oxygens (including phenoxy) is 4. The Hall–Kier alpha value is -0.690. The molecular formula is C18H24O6. The van der Waals surface area contributed by atoms with Gasteiger partial charge >= 0.3 is 5.97 Å². The first kappa shape index (κ1) is 14.5. The van der Waals surface area contributed by atoms with Gasteiger partial charge in [0.2, 0.25) is 0 Å². The molecule has 24 heavy (non-hydrogen) atoms. The van der Waals surface area contributed by atoms with Crippen LogP contribution in [-0.4, -0.2) is 47.6 Å². The largest absolute Gasteiger partial charge is 0.454 e. The Balaban J connectivity index is 1.34. The summed E-state index contributed by atoms with van der Waals surface area (Å²) in [5.74, 6) is 0.392. The van der Waals surface area contributed by atoms with E-state index in [1.165, 1.54) is 19.3 Å². The van der Waals surface area contributed by atoms with Crippen LogP contribution in [0.1, 0.15) is 45.4 Å². The van der Waals surface area contributed by atoms with E-state index in [1.807, 2.05) is 0 Å². The summed E-state index contributed by atoms with van der Waals surface area (Å²) in [5, 5.41) is 9.89. The van der Waals surface area contributed by atoms with Gasteiger partial charge in [0.1, 0.15) is 6.10 Å². The van der Waals surface area contributed by atoms with Gasteiger partial charge in [-0.2, -0.15) is 0 Å². The lowest BCUT2D eigenvalue weighted by Crippen LogP contribution is -2.56. The zero-order valence-corrected chi connectivity index (χ0v) is 13.8. The molecule has 0 aromatic carbocycles. The molecule has 7 aliphatic rings. The molecule has 0 radical (unpaired) electrons. The highest BCUT2D eigenvalue weighted by molar-refractivity contribution is 5.78. The van der Waals surface area contributed by atoms with Crippen molar-refractivity contribution in [3.63, 3.8) is 0 Å². The molecule has 7 rings (SSSR count). The zero-order chi connectivity index (χ0) is 16.3. The maximum atomic E-state index is 11.6. The first-order valence-corrected chi connectivity index (χ1v) is 9.37. The number of fused-ring (bicyclic) bond motifs is 4. The number of hydrogen-bond acceptors (Lipinski definition) is 6. The molecule has 3 aliphatic heterocycles. The normalized spacial score (nSPS) is 63.5. The smallest absolute Gasteiger partial charge is 0.338 e. The van der Waals surface area contributed by atoms with Crippen molar-refractivity contribution in [3.05, 3.63) is 0 Å². The second-order valence-electron chi connectivity index (χ2n) is 9.23. The molecule has 3 saturated heterocycles. The molecule has 6 heteroatoms. The van der Waals surface area contributed by atoms with Gasteiger partial charge in [0.25, 0.3) is 0 Å². The van der Waals surface area contributed by atoms with Crippen LogP contribution in [0.4, 0.5) is 0 Å². The summed E-state index contributed by atoms with van der Waals surface area (Å²) in [4.78, 5) is 11.6. The molecule has 3 heterocycles. The Bertz CT molecular complexity index is 604. The number of rotatable bonds is 0. The van der Waals surface area contributed by atoms with Crippen LogP contribution >= 0.6 is 0 Å². The lowest BCUT2D eigenvalue weighted by atomic mass is 9.57. The third-order valence-corrected chi connectivity index (χ3v) is 7.57. The van der Waals surface area contributed by atoms with Crippen molar-refractivity contribution < 1.29 is 28.8 Å². The third-order valence-electron chi connectivity index (χ3n) is 7.57. The fourth-order valence-electron chi connectivity index (χ4n) is 6.85. The van der Waals surface area contributed by atoms with E-state index >= 15 is 0 Å². The molecule has 1 N–H and O–H groups in total. The molecule has 4 bridgehead atoms. The van der Waals surface area contributed by atoms with Gasteiger partial charge in [-0.1, -0.05) is 6.92 Å². The van der Waals surface area contributed by atoms with Crippen molar-refractivity contribution in [2.45, 2.75) is 81.9 Å². The summed E-state index contributed by atoms with van der Waals surface area (Å²) in [6.45, 7) is 2.43. The van der Waals surface area contributed by atoms with Crippen LogP contribution in [0.2, 0.25) is 0 Å². The van der Waals surface area contributed by atoms with E-state index in [-0.39, 0.29) is 0 Å². The van der Waals surface area contributed by atoms with Crippen molar-refractivity contribution in [1.82, 2.24) is 0 Å². The standard InChI is InChI=1S/C18H24O6/c1-17-5-8-2-3-9(6-17)18(10(4-8)7-17)23-14-13-12(22-16(14)24-18)11(19)15(20)21-13/h8-14,16,19H,2-7H2,1H3. The highest BCUT2D eigenvalue weighted by Gasteiger charge is 2.70. The van der Waals surface area contributed by atoms with E-state index in [1.54, 1.807) is 0 Å². The summed E-state index contributed by atoms with van der Waals surface area (Å²) in [6, 6.07) is 0. The van der Waals surface area contributed by atoms with Crippen molar-refractivity contribution in [1.29, 1.82) is 0 Å². The van der Waals surface area contributed by atoms with Gasteiger partial charge in [0.05, 0.1) is 0 Å². The fourth-order valence-corrected chi connectivity index (χ4v) is 6.85. The Morgan fingerprint density at radius 1 is 1.04 bits per heavy atom. The van der Waals surface area contributed by atoms with Crippen molar-refractivity contribution in [2.24, 2.45) is 23.2 Å². The molecule has 4 saturated carbocycles. The molecule has 6 nitrogen and oxygen atoms in total. The van der Waals surface area contributed by atoms with E-state index in [0.29, 0.717) is 17.3 Å². The molecule has 0 aromatic heterocycles. The Labute approximate surface area is 140 Å². The van der Waals surface area contributed by atoms with Crippen molar-refractivity contribution >= 4 is 5.97 Å². The monoisotopic (exact) mass is 336 g/mol. The molecule has 7 fully saturated rings. The van der Waals surface area contributed by atoms with Crippen LogP contribution in [0.3, 0.4) is 0 Å². The highest BCUT2D eigenvalue weighted by Crippen LogP contribution is 2.65. The summed E-state index contributed by atoms with van der Waals surface area (Å²) < 4.78 is 24.2. The molecule has 1 spiro atoms. The lowest BCUT2D eigenvalue weighted by molar-refractivity contribution is -0.308. The molecule has 10 atom stereocenters. The van der Waals surface area contributed by atoms with Gasteiger partial charge in [-0.25, -0.2) is 4.79 Å². The number of carbonyl (C=O) groups is 1. The van der Waals surface area contributed by atoms with Crippen LogP contribution in [0, 0.1) is 23.2 Å². The van der Waals surface area contributed by atoms with E-state index in [0.717, 1.165) is 25.2 Å². The van der Waals surface area contributed by atoms with E-state index < -0.39 is 42.5 Å². The molecule has 4 aliphatic carbocycles. The lowest BCUT2D eigenvalue weighted by Gasteiger charge is -2.54. The maximum Gasteiger partial charge on any atom is 0.338 e. The van der Waals surface area contributed by atoms with Crippen LogP contribution in [0.15, 0.2) is 0 Å². The van der Waals surface area contributed by atoms with Gasteiger partial charge in [0.15, 0.2) is 30.4 Å². The van der Waals surface area contributed by atoms with Crippen LogP contribution in [0.5, 0.6) is 0 Å². The Morgan fingerprint density at radius 2 is 1.88 bits per heavy atom. The van der Waals surface area contributed by atoms with E-state index in [2.05, 4.69) is 6.92 Å². The average Bonchev–Trinajstić information content (AvgIpc) is 3.08. The SMILES string of the molecule is CC12CC3CCC(C1)C1(OC4OC5C(O)C(=O)OC5C4O1)C(C3)C2. The fraction of sp³-hybridized carbons (Fsp3) is 0.944. The molecule has 0 amide bonds. The molecule has 0 aromatic rings. The van der Waals surface area contributed by atoms with Gasteiger partial charge in [0, 0.05) is 11.8 Å². The number of esters is 1. The van der Waals surface area contributed by atoms with Crippen molar-refractivity contribution in [2.75, 3.05) is 0 Å². The minimum Gasteiger partial charge on any atom is -0.454 e. The minimum atomic E-state index is -1.22. The van der Waals surface area contributed by atoms with Crippen molar-refractivity contribution in [3.8, 4) is 0 Å². The average molecular weight is 336 g/mol. The predicted octanol–water partition coefficient (Wildman–Crippen LogP) is 1.35. The summed E-state index contributed by atoms with van der Waals surface area (Å²) in [7, 11) is 0. The number of aliphatic hydroxyl groups excluding tert-OH is 1. The summed E-state index contributed by atoms with van der Waals surface area (Å²) in [5.41, 5.74) is 0.420. The van der Waals surface area contributed by atoms with Gasteiger partial charge in [-0.15, -0.1) is 0 Å². The molecular weight excluding hydrogens is 312 g/mol. The summed E-state index contributed by atoms with van der Waals surface area (Å²) >= 11 is 0. The zero-order valence-electron chi connectivity index (χ0n) is 13.8. The molecule has 132 valence electrons. The van der Waals surface area contributed by atoms with Gasteiger partial charge < -0.3 is 24.1 Å². The van der Waals surface area contributed by atoms with Gasteiger partial charge in [-0.05, 0) is 49.9 Å².